The number of unbranched alkanes of at least 4 members (excludes halogenated alkanes) is 1. The fourth-order valence-electron chi connectivity index (χ4n) is 3.31. The van der Waals surface area contributed by atoms with E-state index in [1.807, 2.05) is 6.07 Å². The lowest BCUT2D eigenvalue weighted by atomic mass is 9.92. The van der Waals surface area contributed by atoms with Gasteiger partial charge in [0.1, 0.15) is 0 Å². The second-order valence-corrected chi connectivity index (χ2v) is 6.20. The van der Waals surface area contributed by atoms with Gasteiger partial charge in [0.25, 0.3) is 0 Å². The molecule has 1 aromatic carbocycles. The fraction of sp³-hybridized carbons (Fsp3) is 0.611. The normalized spacial score (nSPS) is 17.9. The van der Waals surface area contributed by atoms with Crippen molar-refractivity contribution < 1.29 is 19.0 Å². The van der Waals surface area contributed by atoms with Crippen molar-refractivity contribution in [3.05, 3.63) is 29.6 Å². The summed E-state index contributed by atoms with van der Waals surface area (Å²) in [5.74, 6) is -1.03. The number of benzene rings is 1. The first-order valence-corrected chi connectivity index (χ1v) is 8.37. The minimum Gasteiger partial charge on any atom is -0.494 e. The van der Waals surface area contributed by atoms with Gasteiger partial charge in [-0.05, 0) is 50.0 Å². The van der Waals surface area contributed by atoms with Crippen LogP contribution in [0.15, 0.2) is 18.2 Å². The van der Waals surface area contributed by atoms with Gasteiger partial charge in [0, 0.05) is 6.04 Å². The molecule has 0 spiro atoms. The van der Waals surface area contributed by atoms with Crippen LogP contribution in [0.5, 0.6) is 5.75 Å². The number of piperidine rings is 1. The van der Waals surface area contributed by atoms with Crippen molar-refractivity contribution >= 4 is 5.97 Å². The largest absolute Gasteiger partial charge is 0.494 e. The summed E-state index contributed by atoms with van der Waals surface area (Å²) in [4.78, 5) is 13.4. The summed E-state index contributed by atoms with van der Waals surface area (Å²) in [5, 5.41) is 9.13. The Morgan fingerprint density at radius 3 is 2.65 bits per heavy atom. The molecule has 1 heterocycles. The summed E-state index contributed by atoms with van der Waals surface area (Å²) in [6, 6.07) is 5.30. The van der Waals surface area contributed by atoms with Crippen LogP contribution in [0.4, 0.5) is 4.39 Å². The van der Waals surface area contributed by atoms with Crippen LogP contribution in [-0.4, -0.2) is 36.2 Å². The van der Waals surface area contributed by atoms with E-state index in [0.717, 1.165) is 37.9 Å². The Balaban J connectivity index is 2.14. The second-order valence-electron chi connectivity index (χ2n) is 6.20. The van der Waals surface area contributed by atoms with Gasteiger partial charge >= 0.3 is 5.97 Å². The summed E-state index contributed by atoms with van der Waals surface area (Å²) >= 11 is 0. The van der Waals surface area contributed by atoms with Crippen LogP contribution in [-0.2, 0) is 4.79 Å². The molecule has 0 amide bonds. The number of methoxy groups -OCH3 is 1. The molecule has 23 heavy (non-hydrogen) atoms. The van der Waals surface area contributed by atoms with E-state index < -0.39 is 5.97 Å². The molecule has 1 saturated heterocycles. The molecule has 1 aliphatic heterocycles. The topological polar surface area (TPSA) is 49.8 Å². The zero-order valence-corrected chi connectivity index (χ0v) is 13.9. The number of carboxylic acid groups (broad SMARTS) is 1. The molecular formula is C18H26FNO3. The number of ether oxygens (including phenoxy) is 1. The molecule has 1 fully saturated rings. The lowest BCUT2D eigenvalue weighted by Crippen LogP contribution is -2.38. The maximum absolute atomic E-state index is 14.0. The smallest absolute Gasteiger partial charge is 0.306 e. The Morgan fingerprint density at radius 2 is 2.13 bits per heavy atom. The molecule has 0 radical (unpaired) electrons. The Kier molecular flexibility index (Phi) is 6.39. The molecule has 2 rings (SSSR count). The van der Waals surface area contributed by atoms with E-state index in [1.165, 1.54) is 7.11 Å². The molecule has 0 aliphatic carbocycles. The van der Waals surface area contributed by atoms with Crippen LogP contribution >= 0.6 is 0 Å². The van der Waals surface area contributed by atoms with Crippen LogP contribution in [0.3, 0.4) is 0 Å². The average Bonchev–Trinajstić information content (AvgIpc) is 2.56. The molecule has 4 nitrogen and oxygen atoms in total. The highest BCUT2D eigenvalue weighted by atomic mass is 19.1. The van der Waals surface area contributed by atoms with E-state index >= 15 is 0 Å². The summed E-state index contributed by atoms with van der Waals surface area (Å²) in [6.45, 7) is 3.64. The third-order valence-corrected chi connectivity index (χ3v) is 4.71. The van der Waals surface area contributed by atoms with Crippen molar-refractivity contribution in [1.82, 2.24) is 4.90 Å². The molecular weight excluding hydrogens is 297 g/mol. The third-order valence-electron chi connectivity index (χ3n) is 4.71. The van der Waals surface area contributed by atoms with E-state index in [0.29, 0.717) is 12.8 Å². The summed E-state index contributed by atoms with van der Waals surface area (Å²) in [5.41, 5.74) is 0.950. The van der Waals surface area contributed by atoms with E-state index in [2.05, 4.69) is 11.8 Å². The molecule has 1 atom stereocenters. The van der Waals surface area contributed by atoms with Crippen molar-refractivity contribution in [3.8, 4) is 5.75 Å². The fourth-order valence-corrected chi connectivity index (χ4v) is 3.31. The number of likely N-dealkylation sites (tertiary alicyclic amines) is 1. The Morgan fingerprint density at radius 1 is 1.43 bits per heavy atom. The van der Waals surface area contributed by atoms with Gasteiger partial charge in [0.2, 0.25) is 0 Å². The monoisotopic (exact) mass is 323 g/mol. The van der Waals surface area contributed by atoms with Crippen molar-refractivity contribution in [2.45, 2.75) is 45.1 Å². The standard InChI is InChI=1S/C18H26FNO3/c1-3-4-5-16(14-6-7-17(23-2)15(19)12-14)20-10-8-13(9-11-20)18(21)22/h6-7,12-13,16H,3-5,8-11H2,1-2H3,(H,21,22). The number of hydrogen-bond donors (Lipinski definition) is 1. The molecule has 0 bridgehead atoms. The average molecular weight is 323 g/mol. The number of nitrogens with zero attached hydrogens (tertiary/aromatic N) is 1. The maximum atomic E-state index is 14.0. The molecule has 0 aromatic heterocycles. The number of rotatable bonds is 7. The molecule has 1 unspecified atom stereocenters. The van der Waals surface area contributed by atoms with Gasteiger partial charge in [-0.1, -0.05) is 25.8 Å². The summed E-state index contributed by atoms with van der Waals surface area (Å²) in [6.07, 6.45) is 4.44. The highest BCUT2D eigenvalue weighted by Crippen LogP contribution is 2.32. The van der Waals surface area contributed by atoms with E-state index in [4.69, 9.17) is 9.84 Å². The number of carboxylic acids is 1. The van der Waals surface area contributed by atoms with Gasteiger partial charge in [-0.3, -0.25) is 9.69 Å². The third kappa shape index (κ3) is 4.44. The zero-order chi connectivity index (χ0) is 16.8. The van der Waals surface area contributed by atoms with Gasteiger partial charge in [0.15, 0.2) is 11.6 Å². The predicted octanol–water partition coefficient (Wildman–Crippen LogP) is 3.86. The van der Waals surface area contributed by atoms with Gasteiger partial charge in [-0.25, -0.2) is 4.39 Å². The molecule has 1 aromatic rings. The number of halogens is 1. The summed E-state index contributed by atoms with van der Waals surface area (Å²) in [7, 11) is 1.46. The van der Waals surface area contributed by atoms with Crippen molar-refractivity contribution in [2.75, 3.05) is 20.2 Å². The van der Waals surface area contributed by atoms with Crippen LogP contribution in [0, 0.1) is 11.7 Å². The second kappa shape index (κ2) is 8.29. The highest BCUT2D eigenvalue weighted by molar-refractivity contribution is 5.70. The van der Waals surface area contributed by atoms with Gasteiger partial charge in [-0.15, -0.1) is 0 Å². The Labute approximate surface area is 137 Å². The Bertz CT molecular complexity index is 527. The molecule has 1 aliphatic rings. The summed E-state index contributed by atoms with van der Waals surface area (Å²) < 4.78 is 19.0. The lowest BCUT2D eigenvalue weighted by Gasteiger charge is -2.37. The van der Waals surface area contributed by atoms with Gasteiger partial charge in [0.05, 0.1) is 13.0 Å². The molecule has 128 valence electrons. The van der Waals surface area contributed by atoms with Crippen LogP contribution in [0.2, 0.25) is 0 Å². The highest BCUT2D eigenvalue weighted by Gasteiger charge is 2.29. The first-order valence-electron chi connectivity index (χ1n) is 8.37. The molecule has 0 saturated carbocycles. The first-order chi connectivity index (χ1) is 11.1. The number of aliphatic carboxylic acids is 1. The maximum Gasteiger partial charge on any atom is 0.306 e. The SMILES string of the molecule is CCCCC(c1ccc(OC)c(F)c1)N1CCC(C(=O)O)CC1. The van der Waals surface area contributed by atoms with E-state index in [-0.39, 0.29) is 23.5 Å². The zero-order valence-electron chi connectivity index (χ0n) is 13.9. The van der Waals surface area contributed by atoms with Crippen molar-refractivity contribution in [2.24, 2.45) is 5.92 Å². The van der Waals surface area contributed by atoms with Crippen molar-refractivity contribution in [1.29, 1.82) is 0 Å². The van der Waals surface area contributed by atoms with Gasteiger partial charge in [-0.2, -0.15) is 0 Å². The van der Waals surface area contributed by atoms with Crippen LogP contribution < -0.4 is 4.74 Å². The predicted molar refractivity (Wildman–Crippen MR) is 87.2 cm³/mol. The first kappa shape index (κ1) is 17.7. The molecule has 1 N–H and O–H groups in total. The van der Waals surface area contributed by atoms with E-state index in [1.54, 1.807) is 12.1 Å². The van der Waals surface area contributed by atoms with Crippen LogP contribution in [0.1, 0.15) is 50.6 Å². The minimum atomic E-state index is -0.703. The molecule has 5 heteroatoms. The Hall–Kier alpha value is -1.62. The van der Waals surface area contributed by atoms with Crippen LogP contribution in [0.25, 0.3) is 0 Å². The van der Waals surface area contributed by atoms with Gasteiger partial charge < -0.3 is 9.84 Å². The van der Waals surface area contributed by atoms with E-state index in [9.17, 15) is 9.18 Å². The number of carbonyl (C=O) groups is 1. The lowest BCUT2D eigenvalue weighted by molar-refractivity contribution is -0.143. The number of hydrogen-bond acceptors (Lipinski definition) is 3. The quantitative estimate of drug-likeness (QED) is 0.828. The minimum absolute atomic E-state index is 0.144. The van der Waals surface area contributed by atoms with Crippen molar-refractivity contribution in [3.63, 3.8) is 0 Å².